The van der Waals surface area contributed by atoms with Crippen molar-refractivity contribution in [2.45, 2.75) is 18.9 Å². The molecule has 0 atom stereocenters. The molecule has 1 saturated heterocycles. The molecular formula is C13H18FNO2. The molecular weight excluding hydrogens is 221 g/mol. The zero-order chi connectivity index (χ0) is 12.5. The summed E-state index contributed by atoms with van der Waals surface area (Å²) in [6.45, 7) is 3.32. The SMILES string of the molecule is COc1cc(C)c(F)cc1CC1(OC)CNC1. The Hall–Kier alpha value is -1.13. The third-order valence-corrected chi connectivity index (χ3v) is 3.40. The largest absolute Gasteiger partial charge is 0.496 e. The Kier molecular flexibility index (Phi) is 3.35. The molecule has 94 valence electrons. The highest BCUT2D eigenvalue weighted by Crippen LogP contribution is 2.29. The molecule has 1 aliphatic heterocycles. The molecule has 4 heteroatoms. The lowest BCUT2D eigenvalue weighted by atomic mass is 9.88. The molecule has 0 saturated carbocycles. The van der Waals surface area contributed by atoms with E-state index in [0.29, 0.717) is 12.0 Å². The quantitative estimate of drug-likeness (QED) is 0.867. The molecule has 0 spiro atoms. The Bertz CT molecular complexity index is 411. The van der Waals surface area contributed by atoms with E-state index >= 15 is 0 Å². The van der Waals surface area contributed by atoms with Crippen molar-refractivity contribution in [2.75, 3.05) is 27.3 Å². The first-order chi connectivity index (χ1) is 8.10. The van der Waals surface area contributed by atoms with Gasteiger partial charge in [-0.2, -0.15) is 0 Å². The maximum atomic E-state index is 13.6. The highest BCUT2D eigenvalue weighted by atomic mass is 19.1. The maximum absolute atomic E-state index is 13.6. The first kappa shape index (κ1) is 12.3. The fourth-order valence-corrected chi connectivity index (χ4v) is 2.12. The Morgan fingerprint density at radius 3 is 2.53 bits per heavy atom. The summed E-state index contributed by atoms with van der Waals surface area (Å²) in [5.74, 6) is 0.534. The molecule has 0 amide bonds. The topological polar surface area (TPSA) is 30.5 Å². The van der Waals surface area contributed by atoms with Crippen LogP contribution in [0.1, 0.15) is 11.1 Å². The van der Waals surface area contributed by atoms with E-state index in [2.05, 4.69) is 5.32 Å². The van der Waals surface area contributed by atoms with Crippen LogP contribution >= 0.6 is 0 Å². The molecule has 0 bridgehead atoms. The first-order valence-electron chi connectivity index (χ1n) is 5.69. The van der Waals surface area contributed by atoms with Crippen LogP contribution in [0.15, 0.2) is 12.1 Å². The summed E-state index contributed by atoms with van der Waals surface area (Å²) in [5, 5.41) is 3.18. The average Bonchev–Trinajstić information content (AvgIpc) is 2.27. The van der Waals surface area contributed by atoms with Crippen LogP contribution in [0.5, 0.6) is 5.75 Å². The van der Waals surface area contributed by atoms with E-state index in [-0.39, 0.29) is 11.4 Å². The predicted molar refractivity (Wildman–Crippen MR) is 64.0 cm³/mol. The number of halogens is 1. The van der Waals surface area contributed by atoms with Gasteiger partial charge < -0.3 is 14.8 Å². The lowest BCUT2D eigenvalue weighted by Gasteiger charge is -2.41. The first-order valence-corrected chi connectivity index (χ1v) is 5.69. The lowest BCUT2D eigenvalue weighted by molar-refractivity contribution is -0.0505. The third-order valence-electron chi connectivity index (χ3n) is 3.40. The molecule has 3 nitrogen and oxygen atoms in total. The van der Waals surface area contributed by atoms with Crippen molar-refractivity contribution in [3.63, 3.8) is 0 Å². The van der Waals surface area contributed by atoms with E-state index in [4.69, 9.17) is 9.47 Å². The second kappa shape index (κ2) is 4.63. The molecule has 1 fully saturated rings. The van der Waals surface area contributed by atoms with E-state index in [0.717, 1.165) is 24.4 Å². The van der Waals surface area contributed by atoms with Crippen molar-refractivity contribution in [3.05, 3.63) is 29.1 Å². The Morgan fingerprint density at radius 2 is 2.06 bits per heavy atom. The van der Waals surface area contributed by atoms with Gasteiger partial charge in [-0.3, -0.25) is 0 Å². The number of aryl methyl sites for hydroxylation is 1. The van der Waals surface area contributed by atoms with Gasteiger partial charge in [0.2, 0.25) is 0 Å². The zero-order valence-electron chi connectivity index (χ0n) is 10.5. The number of hydrogen-bond donors (Lipinski definition) is 1. The predicted octanol–water partition coefficient (Wildman–Crippen LogP) is 1.67. The number of ether oxygens (including phenoxy) is 2. The van der Waals surface area contributed by atoms with E-state index in [9.17, 15) is 4.39 Å². The maximum Gasteiger partial charge on any atom is 0.126 e. The summed E-state index contributed by atoms with van der Waals surface area (Å²) >= 11 is 0. The summed E-state index contributed by atoms with van der Waals surface area (Å²) in [6.07, 6.45) is 0.664. The molecule has 1 aromatic carbocycles. The fourth-order valence-electron chi connectivity index (χ4n) is 2.12. The number of hydrogen-bond acceptors (Lipinski definition) is 3. The fraction of sp³-hybridized carbons (Fsp3) is 0.538. The van der Waals surface area contributed by atoms with E-state index in [1.165, 1.54) is 0 Å². The van der Waals surface area contributed by atoms with Gasteiger partial charge in [-0.1, -0.05) is 0 Å². The van der Waals surface area contributed by atoms with Gasteiger partial charge in [0.15, 0.2) is 0 Å². The monoisotopic (exact) mass is 239 g/mol. The number of benzene rings is 1. The average molecular weight is 239 g/mol. The van der Waals surface area contributed by atoms with Crippen molar-refractivity contribution in [1.29, 1.82) is 0 Å². The molecule has 1 heterocycles. The summed E-state index contributed by atoms with van der Waals surface area (Å²) < 4.78 is 24.4. The van der Waals surface area contributed by atoms with Crippen LogP contribution in [0.3, 0.4) is 0 Å². The third kappa shape index (κ3) is 2.28. The molecule has 0 aliphatic carbocycles. The smallest absolute Gasteiger partial charge is 0.126 e. The van der Waals surface area contributed by atoms with E-state index in [1.54, 1.807) is 33.3 Å². The molecule has 1 aliphatic rings. The zero-order valence-corrected chi connectivity index (χ0v) is 10.5. The normalized spacial score (nSPS) is 17.6. The van der Waals surface area contributed by atoms with Gasteiger partial charge in [0.25, 0.3) is 0 Å². The van der Waals surface area contributed by atoms with Crippen LogP contribution in [-0.4, -0.2) is 32.9 Å². The standard InChI is InChI=1S/C13H18FNO2/c1-9-4-12(16-2)10(5-11(9)14)6-13(17-3)7-15-8-13/h4-5,15H,6-8H2,1-3H3. The van der Waals surface area contributed by atoms with Crippen molar-refractivity contribution in [3.8, 4) is 5.75 Å². The second-order valence-corrected chi connectivity index (χ2v) is 4.58. The highest BCUT2D eigenvalue weighted by Gasteiger charge is 2.37. The van der Waals surface area contributed by atoms with Crippen LogP contribution in [0, 0.1) is 12.7 Å². The molecule has 0 unspecified atom stereocenters. The molecule has 1 aromatic rings. The van der Waals surface area contributed by atoms with Crippen molar-refractivity contribution >= 4 is 0 Å². The van der Waals surface area contributed by atoms with Gasteiger partial charge in [-0.15, -0.1) is 0 Å². The van der Waals surface area contributed by atoms with Gasteiger partial charge in [0.1, 0.15) is 11.6 Å². The number of rotatable bonds is 4. The van der Waals surface area contributed by atoms with Crippen LogP contribution in [0.2, 0.25) is 0 Å². The van der Waals surface area contributed by atoms with Crippen LogP contribution < -0.4 is 10.1 Å². The van der Waals surface area contributed by atoms with Crippen molar-refractivity contribution in [1.82, 2.24) is 5.32 Å². The van der Waals surface area contributed by atoms with Gasteiger partial charge in [-0.25, -0.2) is 4.39 Å². The Balaban J connectivity index is 2.28. The minimum absolute atomic E-state index is 0.195. The molecule has 0 aromatic heterocycles. The lowest BCUT2D eigenvalue weighted by Crippen LogP contribution is -2.61. The minimum atomic E-state index is -0.213. The van der Waals surface area contributed by atoms with Crippen LogP contribution in [-0.2, 0) is 11.2 Å². The minimum Gasteiger partial charge on any atom is -0.496 e. The van der Waals surface area contributed by atoms with Gasteiger partial charge >= 0.3 is 0 Å². The molecule has 1 N–H and O–H groups in total. The molecule has 2 rings (SSSR count). The van der Waals surface area contributed by atoms with Gasteiger partial charge in [-0.05, 0) is 30.2 Å². The van der Waals surface area contributed by atoms with Crippen LogP contribution in [0.25, 0.3) is 0 Å². The van der Waals surface area contributed by atoms with Crippen molar-refractivity contribution < 1.29 is 13.9 Å². The van der Waals surface area contributed by atoms with E-state index in [1.807, 2.05) is 0 Å². The molecule has 0 radical (unpaired) electrons. The Morgan fingerprint density at radius 1 is 1.35 bits per heavy atom. The summed E-state index contributed by atoms with van der Waals surface area (Å²) in [5.41, 5.74) is 1.25. The van der Waals surface area contributed by atoms with Crippen molar-refractivity contribution in [2.24, 2.45) is 0 Å². The number of methoxy groups -OCH3 is 2. The highest BCUT2D eigenvalue weighted by molar-refractivity contribution is 5.39. The molecule has 17 heavy (non-hydrogen) atoms. The van der Waals surface area contributed by atoms with Gasteiger partial charge in [0, 0.05) is 26.6 Å². The number of nitrogens with one attached hydrogen (secondary N) is 1. The van der Waals surface area contributed by atoms with E-state index < -0.39 is 0 Å². The summed E-state index contributed by atoms with van der Waals surface area (Å²) in [7, 11) is 3.30. The summed E-state index contributed by atoms with van der Waals surface area (Å²) in [4.78, 5) is 0. The Labute approximate surface area is 101 Å². The van der Waals surface area contributed by atoms with Crippen LogP contribution in [0.4, 0.5) is 4.39 Å². The van der Waals surface area contributed by atoms with Gasteiger partial charge in [0.05, 0.1) is 12.7 Å². The summed E-state index contributed by atoms with van der Waals surface area (Å²) in [6, 6.07) is 3.29. The second-order valence-electron chi connectivity index (χ2n) is 4.58.